The Morgan fingerprint density at radius 2 is 1.00 bits per heavy atom. The molecule has 2 aromatic heterocycles. The van der Waals surface area contributed by atoms with Gasteiger partial charge in [0.1, 0.15) is 11.7 Å². The first-order valence-corrected chi connectivity index (χ1v) is 24.5. The molecule has 6 rings (SSSR count). The van der Waals surface area contributed by atoms with Crippen LogP contribution in [0.1, 0.15) is 135 Å². The second-order valence-corrected chi connectivity index (χ2v) is 20.2. The van der Waals surface area contributed by atoms with Gasteiger partial charge in [0.15, 0.2) is 27.7 Å². The van der Waals surface area contributed by atoms with Crippen molar-refractivity contribution < 1.29 is 56.6 Å². The van der Waals surface area contributed by atoms with Gasteiger partial charge in [-0.2, -0.15) is 34.8 Å². The molecule has 0 amide bonds. The van der Waals surface area contributed by atoms with E-state index in [1.54, 1.807) is 0 Å². The van der Waals surface area contributed by atoms with Crippen LogP contribution < -0.4 is 4.68 Å². The Hall–Kier alpha value is -5.44. The highest BCUT2D eigenvalue weighted by Crippen LogP contribution is 2.32. The molecule has 0 fully saturated rings. The molecule has 0 bridgehead atoms. The molecule has 4 aromatic carbocycles. The standard InChI is InChI=1S/C23H30N3.C20H23N3.C4H7F3O3S.CHF3O3S/c1-16(2)20-13-10-14-21(17(3)4)23(20)25-15-22(26(24-25)18(5)6)19-11-8-7-9-12-19;1-14(2)17-11-8-12-18(15(3)4)20(17)23-13-19(21-22-23)16-9-6-5-7-10-16;1-3(2)10-11(8,9)4(5,6)7;2-1(3,4)8(5,6)7/h7-18H,1-6H3;5-15H,1-4H3;3H,1-2H3;(H,5,6,7)/q+1;;;/p-1. The maximum atomic E-state index is 11.5. The summed E-state index contributed by atoms with van der Waals surface area (Å²) in [5.74, 6) is 1.77. The predicted octanol–water partition coefficient (Wildman–Crippen LogP) is 12.1. The summed E-state index contributed by atoms with van der Waals surface area (Å²) in [7, 11) is -11.5. The van der Waals surface area contributed by atoms with Crippen LogP contribution in [0.3, 0.4) is 0 Å². The van der Waals surface area contributed by atoms with E-state index in [4.69, 9.17) is 18.2 Å². The number of benzene rings is 4. The van der Waals surface area contributed by atoms with Gasteiger partial charge in [0.25, 0.3) is 0 Å². The van der Waals surface area contributed by atoms with Crippen LogP contribution in [0, 0.1) is 0 Å². The fraction of sp³-hybridized carbons (Fsp3) is 0.417. The highest BCUT2D eigenvalue weighted by molar-refractivity contribution is 7.87. The first-order valence-electron chi connectivity index (χ1n) is 21.7. The summed E-state index contributed by atoms with van der Waals surface area (Å²) in [6.45, 7) is 24.6. The first kappa shape index (κ1) is 56.9. The SMILES string of the molecule is CC(C)OS(=O)(=O)C(F)(F)F.CC(C)c1cccc(C(C)C)c1-[n+]1cc(-c2ccccc2)n(C(C)C)n1.CC(C)c1cccc(C(C)C)c1-n1cc(-c2ccccc2)nn1.O=S(=O)([O-])C(F)(F)F. The average molecular weight is 995 g/mol. The number of rotatable bonds is 11. The van der Waals surface area contributed by atoms with E-state index in [2.05, 4.69) is 178 Å². The molecule has 0 saturated carbocycles. The quantitative estimate of drug-likeness (QED) is 0.0406. The lowest BCUT2D eigenvalue weighted by molar-refractivity contribution is -0.662. The number of aromatic nitrogens is 6. The average Bonchev–Trinajstić information content (AvgIpc) is 3.92. The van der Waals surface area contributed by atoms with E-state index >= 15 is 0 Å². The van der Waals surface area contributed by atoms with Crippen molar-refractivity contribution in [2.75, 3.05) is 0 Å². The maximum Gasteiger partial charge on any atom is 0.523 e. The minimum atomic E-state index is -6.09. The van der Waals surface area contributed by atoms with Crippen LogP contribution in [0.15, 0.2) is 109 Å². The lowest BCUT2D eigenvalue weighted by Gasteiger charge is -2.18. The molecule has 0 aliphatic heterocycles. The Morgan fingerprint density at radius 1 is 0.588 bits per heavy atom. The molecule has 0 atom stereocenters. The van der Waals surface area contributed by atoms with E-state index in [0.29, 0.717) is 29.7 Å². The van der Waals surface area contributed by atoms with Crippen molar-refractivity contribution in [2.45, 2.75) is 130 Å². The van der Waals surface area contributed by atoms with Crippen molar-refractivity contribution >= 4 is 20.2 Å². The van der Waals surface area contributed by atoms with Crippen molar-refractivity contribution in [3.63, 3.8) is 0 Å². The van der Waals surface area contributed by atoms with E-state index in [-0.39, 0.29) is 0 Å². The molecule has 12 nitrogen and oxygen atoms in total. The van der Waals surface area contributed by atoms with Gasteiger partial charge in [-0.3, -0.25) is 4.18 Å². The fourth-order valence-electron chi connectivity index (χ4n) is 6.63. The highest BCUT2D eigenvalue weighted by Gasteiger charge is 2.47. The molecule has 0 aliphatic carbocycles. The van der Waals surface area contributed by atoms with E-state index in [9.17, 15) is 34.8 Å². The fourth-order valence-corrected chi connectivity index (χ4v) is 7.25. The van der Waals surface area contributed by atoms with Gasteiger partial charge in [-0.15, -0.1) is 14.5 Å². The van der Waals surface area contributed by atoms with Crippen molar-refractivity contribution in [3.05, 3.63) is 132 Å². The van der Waals surface area contributed by atoms with Gasteiger partial charge >= 0.3 is 21.1 Å². The Kier molecular flexibility index (Phi) is 19.8. The molecule has 68 heavy (non-hydrogen) atoms. The van der Waals surface area contributed by atoms with Gasteiger partial charge in [0.05, 0.1) is 23.2 Å². The molecule has 20 heteroatoms. The Morgan fingerprint density at radius 3 is 1.35 bits per heavy atom. The monoisotopic (exact) mass is 994 g/mol. The van der Waals surface area contributed by atoms with Gasteiger partial charge in [-0.25, -0.2) is 13.1 Å². The minimum absolute atomic E-state index is 0.292. The van der Waals surface area contributed by atoms with Crippen LogP contribution in [0.2, 0.25) is 0 Å². The van der Waals surface area contributed by atoms with E-state index in [1.807, 2.05) is 29.1 Å². The number of alkyl halides is 6. The highest BCUT2D eigenvalue weighted by atomic mass is 32.2. The van der Waals surface area contributed by atoms with Crippen LogP contribution in [0.25, 0.3) is 33.9 Å². The molecule has 0 aliphatic rings. The van der Waals surface area contributed by atoms with Crippen LogP contribution in [-0.4, -0.2) is 63.4 Å². The van der Waals surface area contributed by atoms with Gasteiger partial charge in [0, 0.05) is 22.3 Å². The zero-order valence-electron chi connectivity index (χ0n) is 40.1. The summed E-state index contributed by atoms with van der Waals surface area (Å²) in [6, 6.07) is 34.2. The summed E-state index contributed by atoms with van der Waals surface area (Å²) in [5, 5.41) is 13.8. The van der Waals surface area contributed by atoms with E-state index in [1.165, 1.54) is 53.0 Å². The molecule has 0 spiro atoms. The van der Waals surface area contributed by atoms with E-state index < -0.39 is 37.4 Å². The second kappa shape index (κ2) is 23.7. The maximum absolute atomic E-state index is 11.5. The van der Waals surface area contributed by atoms with Crippen LogP contribution in [0.4, 0.5) is 26.3 Å². The number of nitrogens with zero attached hydrogens (tertiary/aromatic N) is 6. The number of para-hydroxylation sites is 2. The molecule has 0 saturated heterocycles. The molecular weight excluding hydrogens is 935 g/mol. The van der Waals surface area contributed by atoms with Gasteiger partial charge in [0.2, 0.25) is 0 Å². The molecular formula is C48H60F6N6O6S2. The Labute approximate surface area is 395 Å². The first-order chi connectivity index (χ1) is 31.4. The normalized spacial score (nSPS) is 12.2. The third-order valence-electron chi connectivity index (χ3n) is 9.83. The van der Waals surface area contributed by atoms with Gasteiger partial charge in [-0.05, 0) is 62.5 Å². The number of hydrogen-bond donors (Lipinski definition) is 0. The molecule has 0 radical (unpaired) electrons. The molecule has 6 aromatic rings. The number of halogens is 6. The lowest BCUT2D eigenvalue weighted by Crippen LogP contribution is -2.36. The summed E-state index contributed by atoms with van der Waals surface area (Å²) in [6.07, 6.45) is 3.21. The predicted molar refractivity (Wildman–Crippen MR) is 250 cm³/mol. The second-order valence-electron chi connectivity index (χ2n) is 17.3. The smallest absolute Gasteiger partial charge is 0.523 e. The Balaban J connectivity index is 0.000000265. The zero-order valence-corrected chi connectivity index (χ0v) is 41.7. The third kappa shape index (κ3) is 15.3. The topological polar surface area (TPSA) is 153 Å². The van der Waals surface area contributed by atoms with Crippen LogP contribution >= 0.6 is 0 Å². The zero-order chi connectivity index (χ0) is 51.5. The summed E-state index contributed by atoms with van der Waals surface area (Å²) in [4.78, 5) is 0. The largest absolute Gasteiger partial charge is 0.741 e. The van der Waals surface area contributed by atoms with Crippen molar-refractivity contribution in [1.29, 1.82) is 0 Å². The van der Waals surface area contributed by atoms with Gasteiger partial charge < -0.3 is 4.55 Å². The van der Waals surface area contributed by atoms with Crippen molar-refractivity contribution in [3.8, 4) is 33.9 Å². The minimum Gasteiger partial charge on any atom is -0.741 e. The van der Waals surface area contributed by atoms with Crippen LogP contribution in [-0.2, 0) is 24.4 Å². The van der Waals surface area contributed by atoms with Crippen molar-refractivity contribution in [2.24, 2.45) is 0 Å². The number of hydrogen-bond acceptors (Lipinski definition) is 9. The Bertz CT molecular complexity index is 2700. The lowest BCUT2D eigenvalue weighted by atomic mass is 9.93. The summed E-state index contributed by atoms with van der Waals surface area (Å²) in [5.41, 5.74) is 1.07. The molecule has 372 valence electrons. The van der Waals surface area contributed by atoms with E-state index in [0.717, 1.165) is 17.0 Å². The molecule has 0 unspecified atom stereocenters. The third-order valence-corrected chi connectivity index (χ3v) is 11.6. The van der Waals surface area contributed by atoms with Crippen LogP contribution in [0.5, 0.6) is 0 Å². The summed E-state index contributed by atoms with van der Waals surface area (Å²) >= 11 is 0. The van der Waals surface area contributed by atoms with Crippen molar-refractivity contribution in [1.82, 2.24) is 24.9 Å². The molecule has 2 heterocycles. The molecule has 0 N–H and O–H groups in total. The summed E-state index contributed by atoms with van der Waals surface area (Å²) < 4.78 is 123. The van der Waals surface area contributed by atoms with Gasteiger partial charge in [-0.1, -0.05) is 158 Å².